The first kappa shape index (κ1) is 19.0. The minimum absolute atomic E-state index is 0.0467. The van der Waals surface area contributed by atoms with Crippen molar-refractivity contribution in [2.24, 2.45) is 0 Å². The lowest BCUT2D eigenvalue weighted by Crippen LogP contribution is -2.17. The lowest BCUT2D eigenvalue weighted by atomic mass is 10.1. The third-order valence-corrected chi connectivity index (χ3v) is 4.10. The zero-order valence-electron chi connectivity index (χ0n) is 15.6. The number of carbonyl (C=O) groups excluding carboxylic acids is 1. The minimum Gasteiger partial charge on any atom is -0.456 e. The fourth-order valence-corrected chi connectivity index (χ4v) is 2.73. The SMILES string of the molecule is Cc1ccc2nc(COC(=O)c3ccc(N(C)C)c([N+](=O)[O-])c3)cc(=O)n2c1. The Labute approximate surface area is 160 Å². The van der Waals surface area contributed by atoms with Gasteiger partial charge in [0.1, 0.15) is 17.9 Å². The molecule has 0 aliphatic carbocycles. The molecule has 0 aliphatic heterocycles. The third kappa shape index (κ3) is 3.83. The normalized spacial score (nSPS) is 10.7. The lowest BCUT2D eigenvalue weighted by molar-refractivity contribution is -0.384. The topological polar surface area (TPSA) is 107 Å². The van der Waals surface area contributed by atoms with Crippen molar-refractivity contribution in [1.29, 1.82) is 0 Å². The van der Waals surface area contributed by atoms with Gasteiger partial charge in [0.15, 0.2) is 0 Å². The Morgan fingerprint density at radius 3 is 2.68 bits per heavy atom. The van der Waals surface area contributed by atoms with Crippen molar-refractivity contribution in [3.8, 4) is 0 Å². The molecule has 0 fully saturated rings. The maximum absolute atomic E-state index is 12.3. The molecule has 0 bridgehead atoms. The molecule has 28 heavy (non-hydrogen) atoms. The highest BCUT2D eigenvalue weighted by Crippen LogP contribution is 2.28. The van der Waals surface area contributed by atoms with E-state index in [-0.39, 0.29) is 23.4 Å². The Morgan fingerprint density at radius 2 is 2.00 bits per heavy atom. The number of ether oxygens (including phenoxy) is 1. The molecule has 9 nitrogen and oxygen atoms in total. The summed E-state index contributed by atoms with van der Waals surface area (Å²) < 4.78 is 6.60. The van der Waals surface area contributed by atoms with Crippen molar-refractivity contribution in [3.05, 3.63) is 79.9 Å². The number of nitro groups is 1. The summed E-state index contributed by atoms with van der Waals surface area (Å²) in [5.41, 5.74) is 1.59. The summed E-state index contributed by atoms with van der Waals surface area (Å²) >= 11 is 0. The van der Waals surface area contributed by atoms with Crippen LogP contribution in [0.3, 0.4) is 0 Å². The number of nitrogens with zero attached hydrogens (tertiary/aromatic N) is 4. The van der Waals surface area contributed by atoms with Crippen LogP contribution < -0.4 is 10.5 Å². The Kier molecular flexibility index (Phi) is 5.08. The van der Waals surface area contributed by atoms with Crippen molar-refractivity contribution in [2.75, 3.05) is 19.0 Å². The Hall–Kier alpha value is -3.75. The van der Waals surface area contributed by atoms with Gasteiger partial charge in [-0.25, -0.2) is 9.78 Å². The van der Waals surface area contributed by atoms with Crippen LogP contribution in [0.1, 0.15) is 21.6 Å². The number of benzene rings is 1. The maximum Gasteiger partial charge on any atom is 0.338 e. The van der Waals surface area contributed by atoms with E-state index < -0.39 is 10.9 Å². The molecule has 144 valence electrons. The second-order valence-corrected chi connectivity index (χ2v) is 6.45. The summed E-state index contributed by atoms with van der Waals surface area (Å²) in [6.45, 7) is 1.64. The van der Waals surface area contributed by atoms with Crippen LogP contribution in [-0.4, -0.2) is 34.4 Å². The largest absolute Gasteiger partial charge is 0.456 e. The number of aromatic nitrogens is 2. The average Bonchev–Trinajstić information content (AvgIpc) is 2.66. The second kappa shape index (κ2) is 7.47. The van der Waals surface area contributed by atoms with E-state index in [2.05, 4.69) is 4.98 Å². The van der Waals surface area contributed by atoms with Crippen LogP contribution in [0, 0.1) is 17.0 Å². The number of fused-ring (bicyclic) bond motifs is 1. The van der Waals surface area contributed by atoms with E-state index in [0.29, 0.717) is 17.0 Å². The molecule has 3 aromatic rings. The summed E-state index contributed by atoms with van der Waals surface area (Å²) in [7, 11) is 3.34. The van der Waals surface area contributed by atoms with Crippen LogP contribution in [0.25, 0.3) is 5.65 Å². The van der Waals surface area contributed by atoms with Crippen molar-refractivity contribution in [3.63, 3.8) is 0 Å². The predicted molar refractivity (Wildman–Crippen MR) is 103 cm³/mol. The van der Waals surface area contributed by atoms with Crippen LogP contribution in [0.15, 0.2) is 47.4 Å². The number of anilines is 1. The Morgan fingerprint density at radius 1 is 1.25 bits per heavy atom. The molecule has 2 aromatic heterocycles. The van der Waals surface area contributed by atoms with Crippen LogP contribution in [0.4, 0.5) is 11.4 Å². The van der Waals surface area contributed by atoms with Crippen molar-refractivity contribution in [1.82, 2.24) is 9.38 Å². The summed E-state index contributed by atoms with van der Waals surface area (Å²) in [5.74, 6) is -0.737. The number of hydrogen-bond donors (Lipinski definition) is 0. The van der Waals surface area contributed by atoms with Gasteiger partial charge in [-0.15, -0.1) is 0 Å². The van der Waals surface area contributed by atoms with Crippen LogP contribution in [0.2, 0.25) is 0 Å². The molecule has 0 N–H and O–H groups in total. The van der Waals surface area contributed by atoms with Gasteiger partial charge in [-0.2, -0.15) is 0 Å². The summed E-state index contributed by atoms with van der Waals surface area (Å²) in [6.07, 6.45) is 1.67. The molecule has 9 heteroatoms. The van der Waals surface area contributed by atoms with Gasteiger partial charge in [0.2, 0.25) is 0 Å². The predicted octanol–water partition coefficient (Wildman–Crippen LogP) is 2.33. The lowest BCUT2D eigenvalue weighted by Gasteiger charge is -2.13. The first-order valence-electron chi connectivity index (χ1n) is 8.38. The van der Waals surface area contributed by atoms with E-state index in [1.807, 2.05) is 13.0 Å². The summed E-state index contributed by atoms with van der Waals surface area (Å²) in [6, 6.07) is 8.92. The molecule has 0 saturated carbocycles. The molecule has 0 aliphatic rings. The number of aryl methyl sites for hydroxylation is 1. The smallest absolute Gasteiger partial charge is 0.338 e. The molecule has 0 amide bonds. The van der Waals surface area contributed by atoms with E-state index in [0.717, 1.165) is 5.56 Å². The summed E-state index contributed by atoms with van der Waals surface area (Å²) in [4.78, 5) is 41.1. The molecule has 0 saturated heterocycles. The number of pyridine rings is 1. The van der Waals surface area contributed by atoms with E-state index in [1.54, 1.807) is 31.3 Å². The zero-order chi connectivity index (χ0) is 20.4. The Balaban J connectivity index is 1.82. The standard InChI is InChI=1S/C19H18N4O5/c1-12-4-7-17-20-14(9-18(24)22(17)10-12)11-28-19(25)13-5-6-15(21(2)3)16(8-13)23(26)27/h4-10H,11H2,1-3H3. The molecule has 0 unspecified atom stereocenters. The molecule has 1 aromatic carbocycles. The second-order valence-electron chi connectivity index (χ2n) is 6.45. The van der Waals surface area contributed by atoms with Gasteiger partial charge in [-0.05, 0) is 30.7 Å². The molecule has 0 spiro atoms. The van der Waals surface area contributed by atoms with Crippen LogP contribution >= 0.6 is 0 Å². The van der Waals surface area contributed by atoms with E-state index in [4.69, 9.17) is 4.74 Å². The number of rotatable bonds is 5. The fourth-order valence-electron chi connectivity index (χ4n) is 2.73. The zero-order valence-corrected chi connectivity index (χ0v) is 15.6. The first-order chi connectivity index (χ1) is 13.3. The molecular formula is C19H18N4O5. The van der Waals surface area contributed by atoms with Gasteiger partial charge in [-0.1, -0.05) is 6.07 Å². The maximum atomic E-state index is 12.3. The van der Waals surface area contributed by atoms with E-state index in [1.165, 1.54) is 28.7 Å². The average molecular weight is 382 g/mol. The van der Waals surface area contributed by atoms with Crippen LogP contribution in [-0.2, 0) is 11.3 Å². The van der Waals surface area contributed by atoms with E-state index >= 15 is 0 Å². The molecule has 0 atom stereocenters. The van der Waals surface area contributed by atoms with Gasteiger partial charge in [0, 0.05) is 32.4 Å². The minimum atomic E-state index is -0.737. The first-order valence-corrected chi connectivity index (χ1v) is 8.38. The molecule has 0 radical (unpaired) electrons. The Bertz CT molecular complexity index is 1140. The molecular weight excluding hydrogens is 364 g/mol. The molecule has 3 rings (SSSR count). The molecule has 2 heterocycles. The van der Waals surface area contributed by atoms with E-state index in [9.17, 15) is 19.7 Å². The number of carbonyl (C=O) groups is 1. The van der Waals surface area contributed by atoms with Crippen molar-refractivity contribution >= 4 is 23.0 Å². The van der Waals surface area contributed by atoms with Gasteiger partial charge in [-0.3, -0.25) is 19.3 Å². The summed E-state index contributed by atoms with van der Waals surface area (Å²) in [5, 5.41) is 11.2. The number of hydrogen-bond acceptors (Lipinski definition) is 7. The van der Waals surface area contributed by atoms with Crippen molar-refractivity contribution < 1.29 is 14.5 Å². The third-order valence-electron chi connectivity index (χ3n) is 4.10. The number of esters is 1. The highest BCUT2D eigenvalue weighted by molar-refractivity contribution is 5.91. The highest BCUT2D eigenvalue weighted by atomic mass is 16.6. The highest BCUT2D eigenvalue weighted by Gasteiger charge is 2.19. The van der Waals surface area contributed by atoms with Gasteiger partial charge in [0.25, 0.3) is 11.2 Å². The van der Waals surface area contributed by atoms with Crippen molar-refractivity contribution in [2.45, 2.75) is 13.5 Å². The monoisotopic (exact) mass is 382 g/mol. The van der Waals surface area contributed by atoms with Gasteiger partial charge < -0.3 is 9.64 Å². The quantitative estimate of drug-likeness (QED) is 0.379. The fraction of sp³-hybridized carbons (Fsp3) is 0.211. The number of nitro benzene ring substituents is 1. The van der Waals surface area contributed by atoms with Gasteiger partial charge in [0.05, 0.1) is 16.2 Å². The van der Waals surface area contributed by atoms with Gasteiger partial charge >= 0.3 is 5.97 Å². The van der Waals surface area contributed by atoms with Crippen LogP contribution in [0.5, 0.6) is 0 Å².